The van der Waals surface area contributed by atoms with E-state index in [1.165, 1.54) is 22.9 Å². The molecule has 2 aromatic carbocycles. The number of primary amides is 1. The molecule has 0 aromatic heterocycles. The number of allylic oxidation sites excluding steroid dienone is 2. The molecule has 0 spiro atoms. The van der Waals surface area contributed by atoms with Crippen LogP contribution in [0.15, 0.2) is 60.7 Å². The summed E-state index contributed by atoms with van der Waals surface area (Å²) in [6.07, 6.45) is 0. The fraction of sp³-hybridized carbons (Fsp3) is 0.292. The number of amides is 1. The van der Waals surface area contributed by atoms with E-state index in [-0.39, 0.29) is 16.5 Å². The van der Waals surface area contributed by atoms with Crippen LogP contribution in [0.4, 0.5) is 0 Å². The number of hydrogen-bond donors (Lipinski definition) is 2. The van der Waals surface area contributed by atoms with Gasteiger partial charge in [0.15, 0.2) is 0 Å². The lowest BCUT2D eigenvalue weighted by atomic mass is 9.89. The van der Waals surface area contributed by atoms with Crippen molar-refractivity contribution in [3.05, 3.63) is 82.9 Å². The van der Waals surface area contributed by atoms with Gasteiger partial charge >= 0.3 is 0 Å². The third-order valence-electron chi connectivity index (χ3n) is 4.83. The second kappa shape index (κ2) is 9.76. The predicted molar refractivity (Wildman–Crippen MR) is 123 cm³/mol. The van der Waals surface area contributed by atoms with E-state index in [1.807, 2.05) is 14.0 Å². The van der Waals surface area contributed by atoms with E-state index >= 15 is 0 Å². The van der Waals surface area contributed by atoms with Gasteiger partial charge < -0.3 is 11.1 Å². The Hall–Kier alpha value is -2.30. The summed E-state index contributed by atoms with van der Waals surface area (Å²) in [4.78, 5) is 11.6. The highest BCUT2D eigenvalue weighted by molar-refractivity contribution is 8.01. The first-order valence-electron chi connectivity index (χ1n) is 9.40. The van der Waals surface area contributed by atoms with Crippen molar-refractivity contribution in [2.75, 3.05) is 7.05 Å². The molecule has 0 aliphatic rings. The summed E-state index contributed by atoms with van der Waals surface area (Å²) < 4.78 is 0. The zero-order valence-corrected chi connectivity index (χ0v) is 18.2. The van der Waals surface area contributed by atoms with Crippen LogP contribution in [0.5, 0.6) is 0 Å². The minimum Gasteiger partial charge on any atom is -0.369 e. The number of carbonyl (C=O) groups is 1. The first kappa shape index (κ1) is 22.0. The van der Waals surface area contributed by atoms with Crippen LogP contribution in [0, 0.1) is 13.8 Å². The number of carbonyl (C=O) groups excluding carboxylic acids is 1. The van der Waals surface area contributed by atoms with Crippen LogP contribution in [-0.2, 0) is 4.79 Å². The average Bonchev–Trinajstić information content (AvgIpc) is 2.67. The van der Waals surface area contributed by atoms with Crippen LogP contribution in [0.1, 0.15) is 36.1 Å². The molecule has 2 unspecified atom stereocenters. The van der Waals surface area contributed by atoms with Gasteiger partial charge in [-0.2, -0.15) is 0 Å². The van der Waals surface area contributed by atoms with Gasteiger partial charge in [-0.3, -0.25) is 4.79 Å². The molecule has 0 saturated heterocycles. The molecule has 148 valence electrons. The first-order valence-corrected chi connectivity index (χ1v) is 10.3. The van der Waals surface area contributed by atoms with Crippen LogP contribution < -0.4 is 11.1 Å². The number of thioether (sulfide) groups is 1. The normalized spacial score (nSPS) is 14.2. The fourth-order valence-electron chi connectivity index (χ4n) is 3.05. The van der Waals surface area contributed by atoms with Gasteiger partial charge in [0.1, 0.15) is 0 Å². The van der Waals surface area contributed by atoms with E-state index in [2.05, 4.69) is 81.2 Å². The van der Waals surface area contributed by atoms with E-state index in [1.54, 1.807) is 0 Å². The van der Waals surface area contributed by atoms with E-state index in [9.17, 15) is 4.79 Å². The predicted octanol–water partition coefficient (Wildman–Crippen LogP) is 4.94. The van der Waals surface area contributed by atoms with Crippen molar-refractivity contribution in [2.45, 2.75) is 38.3 Å². The van der Waals surface area contributed by atoms with Crippen molar-refractivity contribution in [3.63, 3.8) is 0 Å². The lowest BCUT2D eigenvalue weighted by molar-refractivity contribution is -0.117. The second-order valence-corrected chi connectivity index (χ2v) is 8.57. The van der Waals surface area contributed by atoms with Gasteiger partial charge in [-0.1, -0.05) is 66.2 Å². The quantitative estimate of drug-likeness (QED) is 0.492. The van der Waals surface area contributed by atoms with Gasteiger partial charge in [0.05, 0.1) is 10.6 Å². The summed E-state index contributed by atoms with van der Waals surface area (Å²) in [6, 6.07) is 16.9. The fourth-order valence-corrected chi connectivity index (χ4v) is 4.05. The molecule has 2 atom stereocenters. The summed E-state index contributed by atoms with van der Waals surface area (Å²) in [5.41, 5.74) is 13.3. The third kappa shape index (κ3) is 5.37. The summed E-state index contributed by atoms with van der Waals surface area (Å²) in [6.45, 7) is 12.5. The highest BCUT2D eigenvalue weighted by Gasteiger charge is 2.22. The van der Waals surface area contributed by atoms with Crippen LogP contribution in [-0.4, -0.2) is 23.6 Å². The monoisotopic (exact) mass is 394 g/mol. The summed E-state index contributed by atoms with van der Waals surface area (Å²) in [5.74, 6) is -0.313. The number of hydrogen-bond acceptors (Lipinski definition) is 3. The molecule has 0 fully saturated rings. The molecule has 0 aliphatic heterocycles. The molecule has 0 aliphatic carbocycles. The van der Waals surface area contributed by atoms with Crippen LogP contribution in [0.2, 0.25) is 0 Å². The first-order chi connectivity index (χ1) is 13.2. The second-order valence-electron chi connectivity index (χ2n) is 7.12. The Balaban J connectivity index is 2.56. The van der Waals surface area contributed by atoms with Crippen molar-refractivity contribution in [1.29, 1.82) is 0 Å². The Morgan fingerprint density at radius 2 is 1.46 bits per heavy atom. The highest BCUT2D eigenvalue weighted by Crippen LogP contribution is 2.36. The zero-order chi connectivity index (χ0) is 20.8. The Morgan fingerprint density at radius 3 is 1.89 bits per heavy atom. The molecule has 0 radical (unpaired) electrons. The number of aryl methyl sites for hydroxylation is 2. The molecule has 0 saturated carbocycles. The summed E-state index contributed by atoms with van der Waals surface area (Å²) >= 11 is 1.52. The van der Waals surface area contributed by atoms with Crippen molar-refractivity contribution in [1.82, 2.24) is 5.32 Å². The molecule has 3 N–H and O–H groups in total. The van der Waals surface area contributed by atoms with Gasteiger partial charge in [0.25, 0.3) is 0 Å². The van der Waals surface area contributed by atoms with Crippen molar-refractivity contribution < 1.29 is 4.79 Å². The Morgan fingerprint density at radius 1 is 1.00 bits per heavy atom. The van der Waals surface area contributed by atoms with E-state index < -0.39 is 0 Å². The standard InChI is InChI=1S/C24H30N2OS/c1-15-7-11-20(12-8-15)17(3)22(21-13-9-16(2)10-14-21)18(4)24(26-6)28-19(5)23(25)27/h7-14,19,24,26H,3H2,1-2,4-6H3,(H2,25,27)/b22-18+. The molecule has 2 rings (SSSR count). The van der Waals surface area contributed by atoms with Crippen molar-refractivity contribution in [3.8, 4) is 0 Å². The molecule has 2 aromatic rings. The maximum atomic E-state index is 11.6. The molecule has 1 amide bonds. The molecular weight excluding hydrogens is 364 g/mol. The van der Waals surface area contributed by atoms with Gasteiger partial charge in [-0.25, -0.2) is 0 Å². The van der Waals surface area contributed by atoms with Gasteiger partial charge in [0, 0.05) is 0 Å². The number of rotatable bonds is 8. The molecule has 0 heterocycles. The largest absolute Gasteiger partial charge is 0.369 e. The van der Waals surface area contributed by atoms with Gasteiger partial charge in [-0.15, -0.1) is 11.8 Å². The van der Waals surface area contributed by atoms with Crippen LogP contribution in [0.25, 0.3) is 11.1 Å². The van der Waals surface area contributed by atoms with E-state index in [0.717, 1.165) is 27.8 Å². The third-order valence-corrected chi connectivity index (χ3v) is 6.33. The number of likely N-dealkylation sites (N-methyl/N-ethyl adjacent to an activating group) is 1. The van der Waals surface area contributed by atoms with E-state index in [4.69, 9.17) is 5.73 Å². The zero-order valence-electron chi connectivity index (χ0n) is 17.4. The molecule has 28 heavy (non-hydrogen) atoms. The smallest absolute Gasteiger partial charge is 0.230 e. The number of nitrogens with two attached hydrogens (primary N) is 1. The average molecular weight is 395 g/mol. The number of benzene rings is 2. The molecule has 3 nitrogen and oxygen atoms in total. The number of nitrogens with one attached hydrogen (secondary N) is 1. The maximum absolute atomic E-state index is 11.6. The minimum absolute atomic E-state index is 0.0546. The minimum atomic E-state index is -0.313. The highest BCUT2D eigenvalue weighted by atomic mass is 32.2. The van der Waals surface area contributed by atoms with Crippen LogP contribution in [0.3, 0.4) is 0 Å². The lowest BCUT2D eigenvalue weighted by Gasteiger charge is -2.24. The Kier molecular flexibility index (Phi) is 7.67. The SMILES string of the molecule is C=C(/C(=C(/C)C(NC)SC(C)C(N)=O)c1ccc(C)cc1)c1ccc(C)cc1. The van der Waals surface area contributed by atoms with Gasteiger partial charge in [0.2, 0.25) is 5.91 Å². The lowest BCUT2D eigenvalue weighted by Crippen LogP contribution is -2.31. The maximum Gasteiger partial charge on any atom is 0.230 e. The summed E-state index contributed by atoms with van der Waals surface area (Å²) in [7, 11) is 1.90. The molecule has 0 bridgehead atoms. The summed E-state index contributed by atoms with van der Waals surface area (Å²) in [5, 5.41) is 2.97. The van der Waals surface area contributed by atoms with Crippen LogP contribution >= 0.6 is 11.8 Å². The molecular formula is C24H30N2OS. The topological polar surface area (TPSA) is 55.1 Å². The Bertz CT molecular complexity index is 866. The van der Waals surface area contributed by atoms with Crippen molar-refractivity contribution in [2.24, 2.45) is 5.73 Å². The van der Waals surface area contributed by atoms with Crippen molar-refractivity contribution >= 4 is 28.8 Å². The molecule has 4 heteroatoms. The van der Waals surface area contributed by atoms with Gasteiger partial charge in [-0.05, 0) is 62.6 Å². The Labute approximate surface area is 173 Å². The van der Waals surface area contributed by atoms with E-state index in [0.29, 0.717) is 0 Å².